The summed E-state index contributed by atoms with van der Waals surface area (Å²) in [6, 6.07) is 3.22. The monoisotopic (exact) mass is 352 g/mol. The van der Waals surface area contributed by atoms with E-state index in [1.54, 1.807) is 12.1 Å². The molecule has 0 saturated carbocycles. The van der Waals surface area contributed by atoms with Gasteiger partial charge >= 0.3 is 11.4 Å². The molecule has 0 spiro atoms. The molecule has 0 saturated heterocycles. The Morgan fingerprint density at radius 1 is 0.692 bits per heavy atom. The van der Waals surface area contributed by atoms with Gasteiger partial charge in [0.1, 0.15) is 11.5 Å². The molecule has 6 N–H and O–H groups in total. The average Bonchev–Trinajstić information content (AvgIpc) is 2.57. The van der Waals surface area contributed by atoms with E-state index < -0.39 is 22.5 Å². The van der Waals surface area contributed by atoms with E-state index in [0.717, 1.165) is 0 Å². The Morgan fingerprint density at radius 3 is 2.15 bits per heavy atom. The fourth-order valence-electron chi connectivity index (χ4n) is 2.82. The first-order valence-electron chi connectivity index (χ1n) is 7.37. The van der Waals surface area contributed by atoms with E-state index in [1.165, 1.54) is 0 Å². The van der Waals surface area contributed by atoms with Crippen LogP contribution < -0.4 is 33.1 Å². The van der Waals surface area contributed by atoms with Gasteiger partial charge in [0.15, 0.2) is 11.2 Å². The van der Waals surface area contributed by atoms with Crippen LogP contribution in [0.1, 0.15) is 0 Å². The molecule has 1 aliphatic rings. The van der Waals surface area contributed by atoms with Crippen molar-refractivity contribution in [2.75, 3.05) is 10.6 Å². The first kappa shape index (κ1) is 14.2. The summed E-state index contributed by atoms with van der Waals surface area (Å²) >= 11 is 0. The quantitative estimate of drug-likeness (QED) is 0.198. The zero-order valence-corrected chi connectivity index (χ0v) is 12.7. The van der Waals surface area contributed by atoms with Crippen LogP contribution in [0.4, 0.5) is 22.9 Å². The molecular weight excluding hydrogens is 344 g/mol. The van der Waals surface area contributed by atoms with Crippen LogP contribution in [0.25, 0.3) is 22.2 Å². The summed E-state index contributed by atoms with van der Waals surface area (Å²) in [4.78, 5) is 64.3. The van der Waals surface area contributed by atoms with E-state index in [1.807, 2.05) is 0 Å². The lowest BCUT2D eigenvalue weighted by Crippen LogP contribution is -2.27. The van der Waals surface area contributed by atoms with Gasteiger partial charge in [-0.15, -0.1) is 0 Å². The number of hydrogen-bond donors (Lipinski definition) is 6. The van der Waals surface area contributed by atoms with E-state index in [-0.39, 0.29) is 22.7 Å². The van der Waals surface area contributed by atoms with Crippen LogP contribution in [0, 0.1) is 0 Å². The number of hydrogen-bond acceptors (Lipinski definition) is 8. The summed E-state index contributed by atoms with van der Waals surface area (Å²) in [5.41, 5.74) is -0.532. The molecule has 4 aromatic rings. The summed E-state index contributed by atoms with van der Waals surface area (Å²) in [7, 11) is 0. The SMILES string of the molecule is O=c1[nH]c2c(c(=O)[nH]1)Nc1cc3nc4[nH]c(=O)[nH]c(=O)c4nc3cc1N2. The Kier molecular flexibility index (Phi) is 2.53. The summed E-state index contributed by atoms with van der Waals surface area (Å²) < 4.78 is 0. The molecule has 0 atom stereocenters. The predicted octanol–water partition coefficient (Wildman–Crippen LogP) is -0.663. The second-order valence-corrected chi connectivity index (χ2v) is 5.62. The first-order chi connectivity index (χ1) is 12.5. The van der Waals surface area contributed by atoms with Gasteiger partial charge in [-0.1, -0.05) is 0 Å². The van der Waals surface area contributed by atoms with Crippen LogP contribution >= 0.6 is 0 Å². The molecule has 1 aromatic carbocycles. The maximum Gasteiger partial charge on any atom is 0.327 e. The normalized spacial score (nSPS) is 12.3. The van der Waals surface area contributed by atoms with Gasteiger partial charge in [-0.2, -0.15) is 0 Å². The third-order valence-electron chi connectivity index (χ3n) is 3.94. The summed E-state index contributed by atoms with van der Waals surface area (Å²) in [5, 5.41) is 5.85. The van der Waals surface area contributed by atoms with Crippen molar-refractivity contribution in [2.24, 2.45) is 0 Å². The smallest absolute Gasteiger partial charge is 0.327 e. The summed E-state index contributed by atoms with van der Waals surface area (Å²) in [5.74, 6) is 0.210. The van der Waals surface area contributed by atoms with Crippen LogP contribution in [0.15, 0.2) is 31.3 Å². The van der Waals surface area contributed by atoms with E-state index in [4.69, 9.17) is 0 Å². The molecule has 0 fully saturated rings. The van der Waals surface area contributed by atoms with Crippen molar-refractivity contribution < 1.29 is 0 Å². The maximum absolute atomic E-state index is 11.9. The number of benzene rings is 1. The van der Waals surface area contributed by atoms with Crippen LogP contribution in [0.3, 0.4) is 0 Å². The topological polar surface area (TPSA) is 181 Å². The van der Waals surface area contributed by atoms with Gasteiger partial charge in [0.05, 0.1) is 22.4 Å². The third kappa shape index (κ3) is 1.95. The zero-order valence-electron chi connectivity index (χ0n) is 12.7. The van der Waals surface area contributed by atoms with Crippen LogP contribution in [0.2, 0.25) is 0 Å². The van der Waals surface area contributed by atoms with Crippen molar-refractivity contribution in [3.63, 3.8) is 0 Å². The Labute approximate surface area is 140 Å². The second-order valence-electron chi connectivity index (χ2n) is 5.62. The second kappa shape index (κ2) is 4.66. The third-order valence-corrected chi connectivity index (χ3v) is 3.94. The molecule has 3 aromatic heterocycles. The van der Waals surface area contributed by atoms with Crippen LogP contribution in [-0.2, 0) is 0 Å². The van der Waals surface area contributed by atoms with Gasteiger partial charge in [-0.05, 0) is 12.1 Å². The number of rotatable bonds is 0. The van der Waals surface area contributed by atoms with E-state index in [9.17, 15) is 19.2 Å². The highest BCUT2D eigenvalue weighted by Gasteiger charge is 2.20. The molecule has 12 nitrogen and oxygen atoms in total. The maximum atomic E-state index is 11.9. The highest BCUT2D eigenvalue weighted by atomic mass is 16.2. The van der Waals surface area contributed by atoms with Crippen molar-refractivity contribution in [1.29, 1.82) is 0 Å². The van der Waals surface area contributed by atoms with Gasteiger partial charge < -0.3 is 10.6 Å². The Bertz CT molecular complexity index is 1480. The molecule has 1 aliphatic heterocycles. The molecule has 0 amide bonds. The first-order valence-corrected chi connectivity index (χ1v) is 7.37. The van der Waals surface area contributed by atoms with E-state index in [0.29, 0.717) is 22.4 Å². The fraction of sp³-hybridized carbons (Fsp3) is 0. The molecule has 12 heteroatoms. The molecule has 128 valence electrons. The van der Waals surface area contributed by atoms with Gasteiger partial charge in [-0.3, -0.25) is 29.5 Å². The predicted molar refractivity (Wildman–Crippen MR) is 92.5 cm³/mol. The minimum atomic E-state index is -0.682. The van der Waals surface area contributed by atoms with Crippen molar-refractivity contribution in [1.82, 2.24) is 29.9 Å². The minimum Gasteiger partial charge on any atom is -0.346 e. The molecule has 0 radical (unpaired) electrons. The molecule has 4 heterocycles. The zero-order chi connectivity index (χ0) is 18.0. The number of anilines is 4. The Morgan fingerprint density at radius 2 is 1.35 bits per heavy atom. The number of nitrogens with zero attached hydrogens (tertiary/aromatic N) is 2. The highest BCUT2D eigenvalue weighted by molar-refractivity contribution is 5.96. The van der Waals surface area contributed by atoms with Crippen molar-refractivity contribution in [3.8, 4) is 0 Å². The number of nitrogens with one attached hydrogen (secondary N) is 6. The van der Waals surface area contributed by atoms with E-state index in [2.05, 4.69) is 40.5 Å². The molecule has 26 heavy (non-hydrogen) atoms. The molecular formula is C14H8N8O4. The average molecular weight is 352 g/mol. The van der Waals surface area contributed by atoms with Crippen molar-refractivity contribution in [3.05, 3.63) is 53.8 Å². The van der Waals surface area contributed by atoms with Gasteiger partial charge in [0, 0.05) is 0 Å². The number of aromatic nitrogens is 6. The lowest BCUT2D eigenvalue weighted by atomic mass is 10.2. The Hall–Kier alpha value is -4.22. The number of aromatic amines is 4. The number of fused-ring (bicyclic) bond motifs is 4. The molecule has 5 rings (SSSR count). The summed E-state index contributed by atoms with van der Waals surface area (Å²) in [6.45, 7) is 0. The van der Waals surface area contributed by atoms with Crippen molar-refractivity contribution >= 4 is 45.1 Å². The van der Waals surface area contributed by atoms with Gasteiger partial charge in [0.25, 0.3) is 11.1 Å². The number of H-pyrrole nitrogens is 4. The van der Waals surface area contributed by atoms with Crippen LogP contribution in [0.5, 0.6) is 0 Å². The lowest BCUT2D eigenvalue weighted by molar-refractivity contribution is 1.04. The molecule has 0 aliphatic carbocycles. The minimum absolute atomic E-state index is 0.00827. The van der Waals surface area contributed by atoms with Crippen LogP contribution in [-0.4, -0.2) is 29.9 Å². The largest absolute Gasteiger partial charge is 0.346 e. The highest BCUT2D eigenvalue weighted by Crippen LogP contribution is 2.36. The molecule has 0 bridgehead atoms. The standard InChI is InChI=1S/C14H8N8O4/c23-11-7-10(20-14(26)21-11)18-6-2-4-5(1-3(6)15-7)17-9-8(16-4)12(24)22-13(25)19-9/h1-2,15H,(H2,17,19,22,24,25)(H3,18,20,21,23,26). The van der Waals surface area contributed by atoms with Gasteiger partial charge in [-0.25, -0.2) is 19.6 Å². The molecule has 0 unspecified atom stereocenters. The van der Waals surface area contributed by atoms with Crippen molar-refractivity contribution in [2.45, 2.75) is 0 Å². The fourth-order valence-corrected chi connectivity index (χ4v) is 2.82. The Balaban J connectivity index is 1.78. The van der Waals surface area contributed by atoms with Gasteiger partial charge in [0.2, 0.25) is 0 Å². The van der Waals surface area contributed by atoms with E-state index >= 15 is 0 Å². The summed E-state index contributed by atoms with van der Waals surface area (Å²) in [6.07, 6.45) is 0. The lowest BCUT2D eigenvalue weighted by Gasteiger charge is -2.21.